The van der Waals surface area contributed by atoms with Gasteiger partial charge in [-0.05, 0) is 43.7 Å². The van der Waals surface area contributed by atoms with Crippen molar-refractivity contribution in [2.24, 2.45) is 0 Å². The molecule has 0 spiro atoms. The van der Waals surface area contributed by atoms with E-state index in [0.29, 0.717) is 12.4 Å². The highest BCUT2D eigenvalue weighted by Crippen LogP contribution is 2.49. The molecule has 0 amide bonds. The summed E-state index contributed by atoms with van der Waals surface area (Å²) in [7, 11) is -3.67. The van der Waals surface area contributed by atoms with Crippen molar-refractivity contribution in [1.29, 1.82) is 0 Å². The van der Waals surface area contributed by atoms with Gasteiger partial charge in [0.05, 0.1) is 13.2 Å². The highest BCUT2D eigenvalue weighted by molar-refractivity contribution is 7.62. The molecular formula is C20H22FN2O4P. The molecule has 0 radical (unpaired) electrons. The standard InChI is InChI=1S/C20H22FN2O4P/c1-3-25-28(24,26-4-2)20-19(22-14-15-10-12-17(21)13-11-15)27-18(23-20)16-8-6-5-7-9-16/h5-13,22H,3-4,14H2,1-2H3. The maximum absolute atomic E-state index is 13.3. The Morgan fingerprint density at radius 1 is 1.04 bits per heavy atom. The van der Waals surface area contributed by atoms with E-state index in [1.54, 1.807) is 26.0 Å². The summed E-state index contributed by atoms with van der Waals surface area (Å²) in [5, 5.41) is 3.08. The van der Waals surface area contributed by atoms with Crippen LogP contribution in [0.25, 0.3) is 11.5 Å². The summed E-state index contributed by atoms with van der Waals surface area (Å²) < 4.78 is 43.1. The number of hydrogen-bond acceptors (Lipinski definition) is 6. The van der Waals surface area contributed by atoms with Crippen LogP contribution in [0, 0.1) is 5.82 Å². The first kappa shape index (κ1) is 20.3. The van der Waals surface area contributed by atoms with Crippen molar-refractivity contribution in [1.82, 2.24) is 4.98 Å². The third-order valence-corrected chi connectivity index (χ3v) is 5.87. The smallest absolute Gasteiger partial charge is 0.385 e. The lowest BCUT2D eigenvalue weighted by Crippen LogP contribution is -2.16. The van der Waals surface area contributed by atoms with E-state index in [9.17, 15) is 8.96 Å². The van der Waals surface area contributed by atoms with E-state index in [0.717, 1.165) is 11.1 Å². The number of nitrogens with one attached hydrogen (secondary N) is 1. The molecule has 0 unspecified atom stereocenters. The predicted octanol–water partition coefficient (Wildman–Crippen LogP) is 4.98. The summed E-state index contributed by atoms with van der Waals surface area (Å²) in [6.45, 7) is 4.18. The van der Waals surface area contributed by atoms with E-state index < -0.39 is 7.60 Å². The van der Waals surface area contributed by atoms with Crippen molar-refractivity contribution in [2.45, 2.75) is 20.4 Å². The fraction of sp³-hybridized carbons (Fsp3) is 0.250. The molecule has 0 aliphatic rings. The number of rotatable bonds is 9. The second-order valence-corrected chi connectivity index (χ2v) is 7.79. The maximum Gasteiger partial charge on any atom is 0.385 e. The maximum atomic E-state index is 13.3. The summed E-state index contributed by atoms with van der Waals surface area (Å²) in [6.07, 6.45) is 0. The van der Waals surface area contributed by atoms with Crippen molar-refractivity contribution in [2.75, 3.05) is 18.5 Å². The third kappa shape index (κ3) is 4.68. The average molecular weight is 404 g/mol. The Labute approximate surface area is 163 Å². The molecule has 3 aromatic rings. The van der Waals surface area contributed by atoms with Gasteiger partial charge < -0.3 is 18.8 Å². The van der Waals surface area contributed by atoms with Gasteiger partial charge in [-0.2, -0.15) is 4.98 Å². The lowest BCUT2D eigenvalue weighted by molar-refractivity contribution is 0.229. The Kier molecular flexibility index (Phi) is 6.62. The van der Waals surface area contributed by atoms with Crippen LogP contribution in [-0.2, 0) is 20.2 Å². The largest absolute Gasteiger partial charge is 0.420 e. The van der Waals surface area contributed by atoms with Crippen LogP contribution in [0.2, 0.25) is 0 Å². The van der Waals surface area contributed by atoms with Gasteiger partial charge in [0, 0.05) is 12.1 Å². The Bertz CT molecular complexity index is 935. The van der Waals surface area contributed by atoms with Crippen molar-refractivity contribution in [3.63, 3.8) is 0 Å². The summed E-state index contributed by atoms with van der Waals surface area (Å²) in [4.78, 5) is 4.41. The Morgan fingerprint density at radius 3 is 2.29 bits per heavy atom. The summed E-state index contributed by atoms with van der Waals surface area (Å²) >= 11 is 0. The molecule has 148 valence electrons. The van der Waals surface area contributed by atoms with E-state index in [-0.39, 0.29) is 30.4 Å². The first-order valence-corrected chi connectivity index (χ1v) is 10.5. The Balaban J connectivity index is 1.96. The van der Waals surface area contributed by atoms with E-state index >= 15 is 0 Å². The number of anilines is 1. The first-order chi connectivity index (χ1) is 13.6. The van der Waals surface area contributed by atoms with Gasteiger partial charge in [0.1, 0.15) is 5.82 Å². The Morgan fingerprint density at radius 2 is 1.68 bits per heavy atom. The highest BCUT2D eigenvalue weighted by atomic mass is 31.2. The van der Waals surface area contributed by atoms with Crippen LogP contribution < -0.4 is 10.8 Å². The van der Waals surface area contributed by atoms with Crippen molar-refractivity contribution >= 4 is 18.9 Å². The molecule has 2 aromatic carbocycles. The highest BCUT2D eigenvalue weighted by Gasteiger charge is 2.35. The summed E-state index contributed by atoms with van der Waals surface area (Å²) in [5.41, 5.74) is 1.66. The predicted molar refractivity (Wildman–Crippen MR) is 106 cm³/mol. The van der Waals surface area contributed by atoms with Gasteiger partial charge in [-0.3, -0.25) is 4.57 Å². The number of nitrogens with zero attached hydrogens (tertiary/aromatic N) is 1. The van der Waals surface area contributed by atoms with Crippen molar-refractivity contribution in [3.8, 4) is 11.5 Å². The zero-order valence-electron chi connectivity index (χ0n) is 15.7. The molecule has 0 aliphatic carbocycles. The van der Waals surface area contributed by atoms with Crippen molar-refractivity contribution < 1.29 is 22.4 Å². The molecule has 0 saturated heterocycles. The van der Waals surface area contributed by atoms with Gasteiger partial charge >= 0.3 is 7.60 Å². The summed E-state index contributed by atoms with van der Waals surface area (Å²) in [6, 6.07) is 15.3. The normalized spacial score (nSPS) is 11.5. The van der Waals surface area contributed by atoms with Gasteiger partial charge in [0.2, 0.25) is 17.2 Å². The number of aromatic nitrogens is 1. The minimum Gasteiger partial charge on any atom is -0.420 e. The average Bonchev–Trinajstić information content (AvgIpc) is 3.14. The lowest BCUT2D eigenvalue weighted by Gasteiger charge is -2.15. The van der Waals surface area contributed by atoms with Crippen LogP contribution >= 0.6 is 7.60 Å². The molecule has 1 N–H and O–H groups in total. The molecule has 0 atom stereocenters. The minimum atomic E-state index is -3.67. The second-order valence-electron chi connectivity index (χ2n) is 5.85. The van der Waals surface area contributed by atoms with Gasteiger partial charge in [-0.15, -0.1) is 0 Å². The van der Waals surface area contributed by atoms with Crippen LogP contribution in [0.5, 0.6) is 0 Å². The quantitative estimate of drug-likeness (QED) is 0.507. The number of halogens is 1. The molecule has 1 heterocycles. The topological polar surface area (TPSA) is 73.6 Å². The minimum absolute atomic E-state index is 0.0946. The fourth-order valence-corrected chi connectivity index (χ4v) is 4.19. The number of hydrogen-bond donors (Lipinski definition) is 1. The molecule has 8 heteroatoms. The number of oxazole rings is 1. The Hall–Kier alpha value is -2.47. The van der Waals surface area contributed by atoms with Crippen LogP contribution in [0.1, 0.15) is 19.4 Å². The molecule has 1 aromatic heterocycles. The molecule has 0 bridgehead atoms. The molecule has 0 saturated carbocycles. The van der Waals surface area contributed by atoms with Crippen LogP contribution in [-0.4, -0.2) is 18.2 Å². The molecule has 0 aliphatic heterocycles. The van der Waals surface area contributed by atoms with Gasteiger partial charge in [0.15, 0.2) is 0 Å². The first-order valence-electron chi connectivity index (χ1n) is 9.00. The molecular weight excluding hydrogens is 382 g/mol. The second kappa shape index (κ2) is 9.15. The van der Waals surface area contributed by atoms with E-state index in [1.807, 2.05) is 30.3 Å². The molecule has 3 rings (SSSR count). The van der Waals surface area contributed by atoms with E-state index in [4.69, 9.17) is 13.5 Å². The molecule has 28 heavy (non-hydrogen) atoms. The molecule has 6 nitrogen and oxygen atoms in total. The van der Waals surface area contributed by atoms with Crippen molar-refractivity contribution in [3.05, 3.63) is 66.0 Å². The zero-order valence-corrected chi connectivity index (χ0v) is 16.6. The summed E-state index contributed by atoms with van der Waals surface area (Å²) in [5.74, 6) is 0.193. The van der Waals surface area contributed by atoms with Crippen LogP contribution in [0.15, 0.2) is 59.0 Å². The fourth-order valence-electron chi connectivity index (χ4n) is 2.60. The molecule has 0 fully saturated rings. The van der Waals surface area contributed by atoms with E-state index in [1.165, 1.54) is 12.1 Å². The van der Waals surface area contributed by atoms with Gasteiger partial charge in [-0.1, -0.05) is 30.3 Å². The zero-order chi connectivity index (χ0) is 20.0. The SMILES string of the molecule is CCOP(=O)(OCC)c1nc(-c2ccccc2)oc1NCc1ccc(F)cc1. The lowest BCUT2D eigenvalue weighted by atomic mass is 10.2. The van der Waals surface area contributed by atoms with Gasteiger partial charge in [-0.25, -0.2) is 4.39 Å². The van der Waals surface area contributed by atoms with E-state index in [2.05, 4.69) is 10.3 Å². The third-order valence-electron chi connectivity index (χ3n) is 3.85. The van der Waals surface area contributed by atoms with Gasteiger partial charge in [0.25, 0.3) is 0 Å². The van der Waals surface area contributed by atoms with Crippen LogP contribution in [0.4, 0.5) is 10.3 Å². The number of benzene rings is 2. The van der Waals surface area contributed by atoms with Crippen LogP contribution in [0.3, 0.4) is 0 Å². The monoisotopic (exact) mass is 404 g/mol.